The second-order valence-corrected chi connectivity index (χ2v) is 6.23. The lowest BCUT2D eigenvalue weighted by Crippen LogP contribution is -2.44. The van der Waals surface area contributed by atoms with Gasteiger partial charge in [-0.2, -0.15) is 0 Å². The van der Waals surface area contributed by atoms with Crippen molar-refractivity contribution in [2.45, 2.75) is 18.9 Å². The lowest BCUT2D eigenvalue weighted by atomic mass is 10.1. The molecule has 0 saturated carbocycles. The minimum absolute atomic E-state index is 0.0263. The molecule has 2 amide bonds. The van der Waals surface area contributed by atoms with Crippen LogP contribution in [-0.2, 0) is 20.7 Å². The lowest BCUT2D eigenvalue weighted by Gasteiger charge is -2.17. The Labute approximate surface area is 162 Å². The molecule has 1 atom stereocenters. The Bertz CT molecular complexity index is 796. The van der Waals surface area contributed by atoms with Crippen molar-refractivity contribution in [1.29, 1.82) is 0 Å². The molecule has 142 valence electrons. The van der Waals surface area contributed by atoms with Crippen LogP contribution in [0.5, 0.6) is 0 Å². The van der Waals surface area contributed by atoms with Crippen molar-refractivity contribution in [3.8, 4) is 0 Å². The van der Waals surface area contributed by atoms with Crippen LogP contribution in [0.4, 0.5) is 0 Å². The number of methoxy groups -OCH3 is 1. The van der Waals surface area contributed by atoms with Gasteiger partial charge in [-0.25, -0.2) is 4.79 Å². The van der Waals surface area contributed by atoms with Crippen LogP contribution in [0.15, 0.2) is 54.6 Å². The number of hydrogen-bond donors (Lipinski definition) is 2. The van der Waals surface area contributed by atoms with E-state index >= 15 is 0 Å². The maximum Gasteiger partial charge on any atom is 0.328 e. The van der Waals surface area contributed by atoms with E-state index in [4.69, 9.17) is 16.3 Å². The molecule has 0 aliphatic carbocycles. The Balaban J connectivity index is 1.85. The number of halogens is 1. The number of benzene rings is 2. The van der Waals surface area contributed by atoms with Crippen molar-refractivity contribution >= 4 is 29.4 Å². The average molecular weight is 389 g/mol. The molecule has 7 heteroatoms. The molecule has 0 bridgehead atoms. The summed E-state index contributed by atoms with van der Waals surface area (Å²) >= 11 is 5.97. The first-order chi connectivity index (χ1) is 13.0. The van der Waals surface area contributed by atoms with Crippen LogP contribution in [0.2, 0.25) is 5.02 Å². The summed E-state index contributed by atoms with van der Waals surface area (Å²) in [6.45, 7) is 0.120. The third kappa shape index (κ3) is 6.42. The molecule has 0 unspecified atom stereocenters. The average Bonchev–Trinajstić information content (AvgIpc) is 2.68. The molecule has 0 fully saturated rings. The van der Waals surface area contributed by atoms with E-state index in [9.17, 15) is 14.4 Å². The first kappa shape index (κ1) is 20.5. The van der Waals surface area contributed by atoms with Gasteiger partial charge in [0.1, 0.15) is 6.04 Å². The molecule has 0 aromatic heterocycles. The smallest absolute Gasteiger partial charge is 0.328 e. The van der Waals surface area contributed by atoms with Gasteiger partial charge >= 0.3 is 5.97 Å². The summed E-state index contributed by atoms with van der Waals surface area (Å²) in [5, 5.41) is 5.63. The fourth-order valence-corrected chi connectivity index (χ4v) is 2.70. The van der Waals surface area contributed by atoms with Gasteiger partial charge in [-0.1, -0.05) is 54.1 Å². The molecule has 0 spiro atoms. The molecular weight excluding hydrogens is 368 g/mol. The van der Waals surface area contributed by atoms with E-state index in [0.29, 0.717) is 17.0 Å². The van der Waals surface area contributed by atoms with Crippen LogP contribution in [0, 0.1) is 0 Å². The van der Waals surface area contributed by atoms with Gasteiger partial charge in [0.25, 0.3) is 5.91 Å². The van der Waals surface area contributed by atoms with E-state index in [1.54, 1.807) is 24.3 Å². The first-order valence-corrected chi connectivity index (χ1v) is 8.83. The van der Waals surface area contributed by atoms with Gasteiger partial charge in [0.05, 0.1) is 17.7 Å². The van der Waals surface area contributed by atoms with Crippen LogP contribution in [-0.4, -0.2) is 37.5 Å². The van der Waals surface area contributed by atoms with Gasteiger partial charge in [0.15, 0.2) is 0 Å². The molecule has 0 aliphatic heterocycles. The van der Waals surface area contributed by atoms with Crippen molar-refractivity contribution in [3.63, 3.8) is 0 Å². The Kier molecular flexibility index (Phi) is 7.82. The standard InChI is InChI=1S/C20H21ClN2O4/c1-27-20(26)17(13-14-7-3-2-4-8-14)23-18(24)11-12-22-19(25)15-9-5-6-10-16(15)21/h2-10,17H,11-13H2,1H3,(H,22,25)(H,23,24)/t17-/m1/s1. The van der Waals surface area contributed by atoms with Crippen LogP contribution >= 0.6 is 11.6 Å². The zero-order valence-corrected chi connectivity index (χ0v) is 15.7. The number of nitrogens with one attached hydrogen (secondary N) is 2. The molecule has 0 aliphatic rings. The zero-order valence-electron chi connectivity index (χ0n) is 14.9. The fourth-order valence-electron chi connectivity index (χ4n) is 2.48. The molecular formula is C20H21ClN2O4. The summed E-state index contributed by atoms with van der Waals surface area (Å²) in [5.74, 6) is -1.24. The van der Waals surface area contributed by atoms with E-state index in [1.807, 2.05) is 30.3 Å². The number of ether oxygens (including phenoxy) is 1. The van der Waals surface area contributed by atoms with Gasteiger partial charge < -0.3 is 15.4 Å². The van der Waals surface area contributed by atoms with Gasteiger partial charge in [0, 0.05) is 19.4 Å². The molecule has 27 heavy (non-hydrogen) atoms. The second-order valence-electron chi connectivity index (χ2n) is 5.82. The zero-order chi connectivity index (χ0) is 19.6. The molecule has 0 radical (unpaired) electrons. The summed E-state index contributed by atoms with van der Waals surface area (Å²) < 4.78 is 4.76. The quantitative estimate of drug-likeness (QED) is 0.680. The lowest BCUT2D eigenvalue weighted by molar-refractivity contribution is -0.145. The van der Waals surface area contributed by atoms with Gasteiger partial charge in [0.2, 0.25) is 5.91 Å². The Hall–Kier alpha value is -2.86. The normalized spacial score (nSPS) is 11.3. The predicted molar refractivity (Wildman–Crippen MR) is 102 cm³/mol. The van der Waals surface area contributed by atoms with Crippen molar-refractivity contribution in [3.05, 3.63) is 70.7 Å². The molecule has 2 rings (SSSR count). The molecule has 2 aromatic carbocycles. The van der Waals surface area contributed by atoms with E-state index < -0.39 is 12.0 Å². The largest absolute Gasteiger partial charge is 0.467 e. The van der Waals surface area contributed by atoms with E-state index in [2.05, 4.69) is 10.6 Å². The third-order valence-electron chi connectivity index (χ3n) is 3.86. The number of carbonyl (C=O) groups is 3. The van der Waals surface area contributed by atoms with Gasteiger partial charge in [-0.05, 0) is 17.7 Å². The minimum Gasteiger partial charge on any atom is -0.467 e. The fraction of sp³-hybridized carbons (Fsp3) is 0.250. The highest BCUT2D eigenvalue weighted by molar-refractivity contribution is 6.33. The van der Waals surface area contributed by atoms with E-state index in [-0.39, 0.29) is 24.8 Å². The summed E-state index contributed by atoms with van der Waals surface area (Å²) in [6, 6.07) is 15.2. The summed E-state index contributed by atoms with van der Waals surface area (Å²) in [6.07, 6.45) is 0.351. The monoisotopic (exact) mass is 388 g/mol. The molecule has 0 heterocycles. The van der Waals surface area contributed by atoms with Crippen molar-refractivity contribution in [1.82, 2.24) is 10.6 Å². The SMILES string of the molecule is COC(=O)[C@@H](Cc1ccccc1)NC(=O)CCNC(=O)c1ccccc1Cl. The Morgan fingerprint density at radius 3 is 2.37 bits per heavy atom. The van der Waals surface area contributed by atoms with Crippen LogP contribution in [0.3, 0.4) is 0 Å². The van der Waals surface area contributed by atoms with Crippen molar-refractivity contribution < 1.29 is 19.1 Å². The van der Waals surface area contributed by atoms with Gasteiger partial charge in [-0.3, -0.25) is 9.59 Å². The maximum absolute atomic E-state index is 12.2. The van der Waals surface area contributed by atoms with Crippen molar-refractivity contribution in [2.75, 3.05) is 13.7 Å². The van der Waals surface area contributed by atoms with Crippen LogP contribution in [0.25, 0.3) is 0 Å². The van der Waals surface area contributed by atoms with Crippen molar-refractivity contribution in [2.24, 2.45) is 0 Å². The van der Waals surface area contributed by atoms with Crippen LogP contribution < -0.4 is 10.6 Å². The Morgan fingerprint density at radius 1 is 1.04 bits per heavy atom. The van der Waals surface area contributed by atoms with Crippen LogP contribution in [0.1, 0.15) is 22.3 Å². The summed E-state index contributed by atoms with van der Waals surface area (Å²) in [4.78, 5) is 36.2. The molecule has 0 saturated heterocycles. The topological polar surface area (TPSA) is 84.5 Å². The third-order valence-corrected chi connectivity index (χ3v) is 4.19. The summed E-state index contributed by atoms with van der Waals surface area (Å²) in [7, 11) is 1.27. The number of carbonyl (C=O) groups excluding carboxylic acids is 3. The minimum atomic E-state index is -0.788. The van der Waals surface area contributed by atoms with E-state index in [1.165, 1.54) is 7.11 Å². The highest BCUT2D eigenvalue weighted by Crippen LogP contribution is 2.14. The number of esters is 1. The number of rotatable bonds is 8. The predicted octanol–water partition coefficient (Wildman–Crippen LogP) is 2.36. The summed E-state index contributed by atoms with van der Waals surface area (Å²) in [5.41, 5.74) is 1.25. The molecule has 6 nitrogen and oxygen atoms in total. The second kappa shape index (κ2) is 10.3. The Morgan fingerprint density at radius 2 is 1.70 bits per heavy atom. The maximum atomic E-state index is 12.2. The first-order valence-electron chi connectivity index (χ1n) is 8.45. The molecule has 2 N–H and O–H groups in total. The molecule has 2 aromatic rings. The number of hydrogen-bond acceptors (Lipinski definition) is 4. The number of amides is 2. The highest BCUT2D eigenvalue weighted by atomic mass is 35.5. The van der Waals surface area contributed by atoms with Gasteiger partial charge in [-0.15, -0.1) is 0 Å². The van der Waals surface area contributed by atoms with E-state index in [0.717, 1.165) is 5.56 Å². The highest BCUT2D eigenvalue weighted by Gasteiger charge is 2.21.